The summed E-state index contributed by atoms with van der Waals surface area (Å²) in [6.07, 6.45) is 1.07. The Balaban J connectivity index is 2.81. The third-order valence-electron chi connectivity index (χ3n) is 1.63. The van der Waals surface area contributed by atoms with Crippen molar-refractivity contribution >= 4 is 11.8 Å². The van der Waals surface area contributed by atoms with Crippen LogP contribution in [0.1, 0.15) is 5.56 Å². The average Bonchev–Trinajstić information content (AvgIpc) is 2.52. The summed E-state index contributed by atoms with van der Waals surface area (Å²) >= 11 is 0. The van der Waals surface area contributed by atoms with Crippen molar-refractivity contribution in [3.05, 3.63) is 21.9 Å². The highest BCUT2D eigenvalue weighted by Gasteiger charge is 2.20. The van der Waals surface area contributed by atoms with Gasteiger partial charge in [-0.2, -0.15) is 0 Å². The first-order chi connectivity index (χ1) is 6.52. The SMILES string of the molecule is N[C@@H](Cc1cn[nH]c1[N+](=O)[O-])C(=O)O. The van der Waals surface area contributed by atoms with Gasteiger partial charge in [0.25, 0.3) is 0 Å². The number of H-pyrrole nitrogens is 1. The van der Waals surface area contributed by atoms with Gasteiger partial charge in [-0.05, 0) is 4.92 Å². The molecule has 0 aliphatic heterocycles. The lowest BCUT2D eigenvalue weighted by atomic mass is 10.1. The molecule has 1 atom stereocenters. The Hall–Kier alpha value is -1.96. The largest absolute Gasteiger partial charge is 0.480 e. The number of aliphatic carboxylic acids is 1. The molecule has 0 spiro atoms. The monoisotopic (exact) mass is 200 g/mol. The molecule has 14 heavy (non-hydrogen) atoms. The molecular weight excluding hydrogens is 192 g/mol. The van der Waals surface area contributed by atoms with Crippen molar-refractivity contribution in [3.63, 3.8) is 0 Å². The summed E-state index contributed by atoms with van der Waals surface area (Å²) in [4.78, 5) is 20.1. The smallest absolute Gasteiger partial charge is 0.345 e. The highest BCUT2D eigenvalue weighted by atomic mass is 16.6. The highest BCUT2D eigenvalue weighted by Crippen LogP contribution is 2.14. The van der Waals surface area contributed by atoms with E-state index >= 15 is 0 Å². The van der Waals surface area contributed by atoms with Crippen LogP contribution in [0.15, 0.2) is 6.20 Å². The van der Waals surface area contributed by atoms with Crippen LogP contribution in [0.2, 0.25) is 0 Å². The minimum atomic E-state index is -1.21. The molecule has 0 unspecified atom stereocenters. The molecule has 1 aromatic rings. The van der Waals surface area contributed by atoms with E-state index in [4.69, 9.17) is 10.8 Å². The predicted octanol–water partition coefficient (Wildman–Crippen LogP) is -0.728. The molecule has 1 heterocycles. The Morgan fingerprint density at radius 2 is 2.50 bits per heavy atom. The minimum Gasteiger partial charge on any atom is -0.480 e. The van der Waals surface area contributed by atoms with Crippen molar-refractivity contribution in [2.24, 2.45) is 5.73 Å². The van der Waals surface area contributed by atoms with E-state index in [9.17, 15) is 14.9 Å². The van der Waals surface area contributed by atoms with E-state index in [1.54, 1.807) is 0 Å². The van der Waals surface area contributed by atoms with Gasteiger partial charge >= 0.3 is 11.8 Å². The standard InChI is InChI=1S/C6H8N4O4/c7-4(6(11)12)1-3-2-8-9-5(3)10(13)14/h2,4H,1,7H2,(H,8,9)(H,11,12)/t4-/m0/s1. The quantitative estimate of drug-likeness (QED) is 0.433. The predicted molar refractivity (Wildman–Crippen MR) is 44.6 cm³/mol. The van der Waals surface area contributed by atoms with E-state index in [0.717, 1.165) is 0 Å². The molecule has 0 saturated heterocycles. The van der Waals surface area contributed by atoms with Gasteiger partial charge in [-0.1, -0.05) is 5.10 Å². The van der Waals surface area contributed by atoms with Gasteiger partial charge in [0.1, 0.15) is 6.04 Å². The summed E-state index contributed by atoms with van der Waals surface area (Å²) in [5, 5.41) is 24.5. The Morgan fingerprint density at radius 3 is 3.00 bits per heavy atom. The zero-order valence-electron chi connectivity index (χ0n) is 7.01. The lowest BCUT2D eigenvalue weighted by Crippen LogP contribution is -2.32. The van der Waals surface area contributed by atoms with Crippen LogP contribution >= 0.6 is 0 Å². The van der Waals surface area contributed by atoms with Crippen LogP contribution in [0.5, 0.6) is 0 Å². The van der Waals surface area contributed by atoms with Gasteiger partial charge in [0.15, 0.2) is 0 Å². The Kier molecular flexibility index (Phi) is 2.77. The van der Waals surface area contributed by atoms with Crippen LogP contribution in [0.25, 0.3) is 0 Å². The topological polar surface area (TPSA) is 135 Å². The molecular formula is C6H8N4O4. The molecule has 8 nitrogen and oxygen atoms in total. The maximum atomic E-state index is 10.4. The molecule has 0 saturated carbocycles. The number of hydrogen-bond donors (Lipinski definition) is 3. The van der Waals surface area contributed by atoms with Crippen LogP contribution in [-0.2, 0) is 11.2 Å². The Bertz CT molecular complexity index is 360. The van der Waals surface area contributed by atoms with E-state index in [1.165, 1.54) is 6.20 Å². The lowest BCUT2D eigenvalue weighted by Gasteiger charge is -2.03. The molecule has 0 aromatic carbocycles. The summed E-state index contributed by atoms with van der Waals surface area (Å²) in [6.45, 7) is 0. The molecule has 0 aliphatic rings. The van der Waals surface area contributed by atoms with E-state index < -0.39 is 16.9 Å². The molecule has 0 fully saturated rings. The lowest BCUT2D eigenvalue weighted by molar-refractivity contribution is -0.390. The van der Waals surface area contributed by atoms with Crippen LogP contribution in [0, 0.1) is 10.1 Å². The first kappa shape index (κ1) is 10.1. The molecule has 0 radical (unpaired) electrons. The fourth-order valence-electron chi connectivity index (χ4n) is 0.936. The first-order valence-corrected chi connectivity index (χ1v) is 3.67. The van der Waals surface area contributed by atoms with E-state index in [2.05, 4.69) is 10.2 Å². The van der Waals surface area contributed by atoms with E-state index in [0.29, 0.717) is 0 Å². The third kappa shape index (κ3) is 2.04. The Labute approximate surface area is 77.9 Å². The first-order valence-electron chi connectivity index (χ1n) is 3.67. The second-order valence-corrected chi connectivity index (χ2v) is 2.65. The number of carbonyl (C=O) groups is 1. The Morgan fingerprint density at radius 1 is 1.86 bits per heavy atom. The van der Waals surface area contributed by atoms with Crippen LogP contribution in [-0.4, -0.2) is 32.2 Å². The van der Waals surface area contributed by atoms with E-state index in [-0.39, 0.29) is 17.8 Å². The van der Waals surface area contributed by atoms with Gasteiger partial charge in [-0.3, -0.25) is 4.79 Å². The number of nitro groups is 1. The van der Waals surface area contributed by atoms with Crippen LogP contribution < -0.4 is 5.73 Å². The summed E-state index contributed by atoms with van der Waals surface area (Å²) in [5.41, 5.74) is 5.40. The maximum Gasteiger partial charge on any atom is 0.345 e. The van der Waals surface area contributed by atoms with Crippen LogP contribution in [0.3, 0.4) is 0 Å². The molecule has 76 valence electrons. The molecule has 4 N–H and O–H groups in total. The average molecular weight is 200 g/mol. The molecule has 0 bridgehead atoms. The molecule has 0 amide bonds. The molecule has 0 aliphatic carbocycles. The number of carboxylic acid groups (broad SMARTS) is 1. The summed E-state index contributed by atoms with van der Waals surface area (Å²) in [7, 11) is 0. The number of hydrogen-bond acceptors (Lipinski definition) is 5. The molecule has 1 aromatic heterocycles. The zero-order valence-corrected chi connectivity index (χ0v) is 7.01. The number of nitrogens with two attached hydrogens (primary N) is 1. The molecule has 1 rings (SSSR count). The van der Waals surface area contributed by atoms with Gasteiger partial charge in [0.2, 0.25) is 0 Å². The summed E-state index contributed by atoms with van der Waals surface area (Å²) in [5.74, 6) is -1.53. The molecule has 8 heteroatoms. The van der Waals surface area contributed by atoms with E-state index in [1.807, 2.05) is 0 Å². The van der Waals surface area contributed by atoms with Gasteiger partial charge < -0.3 is 21.0 Å². The van der Waals surface area contributed by atoms with Crippen molar-refractivity contribution in [1.82, 2.24) is 10.2 Å². The maximum absolute atomic E-state index is 10.4. The number of carboxylic acids is 1. The minimum absolute atomic E-state index is 0.123. The summed E-state index contributed by atoms with van der Waals surface area (Å²) < 4.78 is 0. The number of aromatic amines is 1. The van der Waals surface area contributed by atoms with Gasteiger partial charge in [-0.15, -0.1) is 5.10 Å². The van der Waals surface area contributed by atoms with Crippen molar-refractivity contribution < 1.29 is 14.8 Å². The number of aromatic nitrogens is 2. The van der Waals surface area contributed by atoms with Gasteiger partial charge in [-0.25, -0.2) is 0 Å². The summed E-state index contributed by atoms with van der Waals surface area (Å²) in [6, 6.07) is -1.16. The van der Waals surface area contributed by atoms with Crippen molar-refractivity contribution in [2.45, 2.75) is 12.5 Å². The van der Waals surface area contributed by atoms with Crippen molar-refractivity contribution in [1.29, 1.82) is 0 Å². The van der Waals surface area contributed by atoms with Crippen molar-refractivity contribution in [3.8, 4) is 0 Å². The van der Waals surface area contributed by atoms with Crippen LogP contribution in [0.4, 0.5) is 5.82 Å². The van der Waals surface area contributed by atoms with Gasteiger partial charge in [0, 0.05) is 6.42 Å². The number of nitrogens with one attached hydrogen (secondary N) is 1. The second-order valence-electron chi connectivity index (χ2n) is 2.65. The normalized spacial score (nSPS) is 12.4. The second kappa shape index (κ2) is 3.83. The van der Waals surface area contributed by atoms with Gasteiger partial charge in [0.05, 0.1) is 11.8 Å². The number of nitrogens with zero attached hydrogens (tertiary/aromatic N) is 2. The van der Waals surface area contributed by atoms with Crippen molar-refractivity contribution in [2.75, 3.05) is 0 Å². The highest BCUT2D eigenvalue weighted by molar-refractivity contribution is 5.73. The zero-order chi connectivity index (χ0) is 10.7. The fraction of sp³-hybridized carbons (Fsp3) is 0.333. The fourth-order valence-corrected chi connectivity index (χ4v) is 0.936. The third-order valence-corrected chi connectivity index (χ3v) is 1.63. The number of rotatable bonds is 4.